The molecule has 1 aliphatic heterocycles. The number of esters is 1. The van der Waals surface area contributed by atoms with E-state index in [1.165, 1.54) is 18.2 Å². The highest BCUT2D eigenvalue weighted by Gasteiger charge is 2.48. The number of halogens is 1. The summed E-state index contributed by atoms with van der Waals surface area (Å²) in [5.74, 6) is 0.234. The van der Waals surface area contributed by atoms with Gasteiger partial charge >= 0.3 is 19.3 Å². The molecular formula is C19H20FN2O8P. The molecule has 1 fully saturated rings. The Kier molecular flexibility index (Phi) is 7.01. The number of nitrogens with zero attached hydrogens (tertiary/aromatic N) is 1. The highest BCUT2D eigenvalue weighted by atomic mass is 31.2. The molecule has 1 saturated heterocycles. The van der Waals surface area contributed by atoms with Gasteiger partial charge in [-0.2, -0.15) is 0 Å². The molecule has 0 bridgehead atoms. The molecule has 12 heteroatoms. The minimum atomic E-state index is -3.62. The zero-order valence-corrected chi connectivity index (χ0v) is 17.4. The van der Waals surface area contributed by atoms with E-state index in [9.17, 15) is 18.9 Å². The van der Waals surface area contributed by atoms with Crippen molar-refractivity contribution in [2.75, 3.05) is 14.2 Å². The number of H-pyrrole nitrogens is 1. The second-order valence-electron chi connectivity index (χ2n) is 6.44. The molecule has 0 saturated carbocycles. The maximum Gasteiger partial charge on any atom is 0.353 e. The Balaban J connectivity index is 1.93. The summed E-state index contributed by atoms with van der Waals surface area (Å²) in [6, 6.07) is 8.93. The Bertz CT molecular complexity index is 1110. The van der Waals surface area contributed by atoms with Gasteiger partial charge < -0.3 is 18.5 Å². The van der Waals surface area contributed by atoms with Gasteiger partial charge in [-0.25, -0.2) is 14.0 Å². The molecule has 10 nitrogen and oxygen atoms in total. The van der Waals surface area contributed by atoms with E-state index in [-0.39, 0.29) is 5.56 Å². The van der Waals surface area contributed by atoms with Crippen LogP contribution in [0.2, 0.25) is 0 Å². The number of carbonyl (C=O) groups excluding carboxylic acids is 1. The van der Waals surface area contributed by atoms with Crippen molar-refractivity contribution >= 4 is 13.6 Å². The van der Waals surface area contributed by atoms with E-state index in [1.54, 1.807) is 18.2 Å². The maximum atomic E-state index is 15.3. The van der Waals surface area contributed by atoms with Crippen LogP contribution >= 0.6 is 7.60 Å². The smallest absolute Gasteiger partial charge is 0.353 e. The van der Waals surface area contributed by atoms with E-state index >= 15 is 4.39 Å². The molecule has 1 aliphatic rings. The van der Waals surface area contributed by atoms with E-state index in [1.807, 2.05) is 4.98 Å². The number of alkyl halides is 1. The number of aromatic amines is 1. The summed E-state index contributed by atoms with van der Waals surface area (Å²) in [5.41, 5.74) is -1.39. The monoisotopic (exact) mass is 454 g/mol. The van der Waals surface area contributed by atoms with E-state index in [0.717, 1.165) is 36.9 Å². The number of rotatable bonds is 7. The number of ether oxygens (including phenoxy) is 2. The van der Waals surface area contributed by atoms with Gasteiger partial charge in [0.1, 0.15) is 6.10 Å². The van der Waals surface area contributed by atoms with E-state index < -0.39 is 49.4 Å². The number of hydrogen-bond donors (Lipinski definition) is 1. The first-order valence-electron chi connectivity index (χ1n) is 9.05. The lowest BCUT2D eigenvalue weighted by Gasteiger charge is -2.18. The SMILES string of the molecule is COP(=O)(/C=C/[C@H]1OC(n2ccc(=O)[nH]c2=O)[C@H](F)[C@@H]1OC(=O)c1ccccc1)OC. The van der Waals surface area contributed by atoms with E-state index in [0.29, 0.717) is 0 Å². The molecule has 0 spiro atoms. The largest absolute Gasteiger partial charge is 0.452 e. The van der Waals surface area contributed by atoms with Gasteiger partial charge in [0, 0.05) is 32.3 Å². The number of benzene rings is 1. The van der Waals surface area contributed by atoms with Crippen LogP contribution in [0.3, 0.4) is 0 Å². The van der Waals surface area contributed by atoms with Gasteiger partial charge in [0.05, 0.1) is 5.56 Å². The zero-order chi connectivity index (χ0) is 22.6. The zero-order valence-electron chi connectivity index (χ0n) is 16.5. The Hall–Kier alpha value is -2.85. The number of aromatic nitrogens is 2. The second kappa shape index (κ2) is 9.52. The van der Waals surface area contributed by atoms with Crippen molar-refractivity contribution < 1.29 is 32.3 Å². The molecule has 1 aromatic heterocycles. The van der Waals surface area contributed by atoms with Crippen molar-refractivity contribution in [2.24, 2.45) is 0 Å². The summed E-state index contributed by atoms with van der Waals surface area (Å²) in [6.45, 7) is 0. The molecule has 3 rings (SSSR count). The van der Waals surface area contributed by atoms with Crippen LogP contribution in [0.1, 0.15) is 16.6 Å². The minimum absolute atomic E-state index is 0.182. The predicted octanol–water partition coefficient (Wildman–Crippen LogP) is 2.00. The fourth-order valence-electron chi connectivity index (χ4n) is 2.94. The second-order valence-corrected chi connectivity index (χ2v) is 8.54. The highest BCUT2D eigenvalue weighted by Crippen LogP contribution is 2.48. The Labute approximate surface area is 175 Å². The van der Waals surface area contributed by atoms with Crippen molar-refractivity contribution in [3.8, 4) is 0 Å². The standard InChI is InChI=1S/C19H20FN2O8P/c1-27-31(26,28-2)11-9-13-16(30-18(24)12-6-4-3-5-7-12)15(20)17(29-13)22-10-8-14(23)21-19(22)25/h3-11,13,15-17H,1-2H3,(H,21,23,25)/b11-9+/t13-,15-,16-,17?/m1/s1. The van der Waals surface area contributed by atoms with Gasteiger partial charge in [-0.1, -0.05) is 18.2 Å². The minimum Gasteiger partial charge on any atom is -0.452 e. The molecule has 1 unspecified atom stereocenters. The molecule has 2 heterocycles. The quantitative estimate of drug-likeness (QED) is 0.497. The molecule has 31 heavy (non-hydrogen) atoms. The summed E-state index contributed by atoms with van der Waals surface area (Å²) in [5, 5.41) is 0. The first-order chi connectivity index (χ1) is 14.8. The first-order valence-corrected chi connectivity index (χ1v) is 10.7. The van der Waals surface area contributed by atoms with Gasteiger partial charge in [0.2, 0.25) is 0 Å². The Morgan fingerprint density at radius 2 is 1.87 bits per heavy atom. The number of nitrogens with one attached hydrogen (secondary N) is 1. The summed E-state index contributed by atoms with van der Waals surface area (Å²) < 4.78 is 48.9. The lowest BCUT2D eigenvalue weighted by Crippen LogP contribution is -2.37. The predicted molar refractivity (Wildman–Crippen MR) is 107 cm³/mol. The first kappa shape index (κ1) is 22.8. The maximum absolute atomic E-state index is 15.3. The molecule has 1 aromatic carbocycles. The summed E-state index contributed by atoms with van der Waals surface area (Å²) in [4.78, 5) is 37.9. The van der Waals surface area contributed by atoms with Crippen LogP contribution in [0, 0.1) is 0 Å². The van der Waals surface area contributed by atoms with Gasteiger partial charge in [-0.3, -0.25) is 18.9 Å². The normalized spacial score (nSPS) is 23.8. The fourth-order valence-corrected chi connectivity index (χ4v) is 3.72. The summed E-state index contributed by atoms with van der Waals surface area (Å²) in [6.07, 6.45) is -3.98. The third-order valence-corrected chi connectivity index (χ3v) is 6.11. The third-order valence-electron chi connectivity index (χ3n) is 4.55. The van der Waals surface area contributed by atoms with Crippen molar-refractivity contribution in [1.29, 1.82) is 0 Å². The van der Waals surface area contributed by atoms with Crippen molar-refractivity contribution in [3.63, 3.8) is 0 Å². The molecule has 0 aliphatic carbocycles. The Morgan fingerprint density at radius 3 is 2.48 bits per heavy atom. The van der Waals surface area contributed by atoms with Crippen molar-refractivity contribution in [2.45, 2.75) is 24.6 Å². The third kappa shape index (κ3) is 5.08. The number of carbonyl (C=O) groups is 1. The molecular weight excluding hydrogens is 434 g/mol. The van der Waals surface area contributed by atoms with Crippen LogP contribution in [0.5, 0.6) is 0 Å². The van der Waals surface area contributed by atoms with Crippen LogP contribution in [-0.2, 0) is 23.1 Å². The molecule has 2 aromatic rings. The van der Waals surface area contributed by atoms with E-state index in [4.69, 9.17) is 18.5 Å². The average Bonchev–Trinajstić information content (AvgIpc) is 3.08. The molecule has 4 atom stereocenters. The molecule has 166 valence electrons. The van der Waals surface area contributed by atoms with Crippen LogP contribution in [0.25, 0.3) is 0 Å². The lowest BCUT2D eigenvalue weighted by molar-refractivity contribution is -0.0103. The van der Waals surface area contributed by atoms with E-state index in [2.05, 4.69) is 0 Å². The van der Waals surface area contributed by atoms with Gasteiger partial charge in [0.25, 0.3) is 5.56 Å². The van der Waals surface area contributed by atoms with Crippen molar-refractivity contribution in [1.82, 2.24) is 9.55 Å². The molecule has 1 N–H and O–H groups in total. The lowest BCUT2D eigenvalue weighted by atomic mass is 10.1. The topological polar surface area (TPSA) is 126 Å². The van der Waals surface area contributed by atoms with Crippen molar-refractivity contribution in [3.05, 3.63) is 80.9 Å². The van der Waals surface area contributed by atoms with Crippen LogP contribution in [-0.4, -0.2) is 48.1 Å². The molecule has 0 amide bonds. The highest BCUT2D eigenvalue weighted by molar-refractivity contribution is 7.57. The van der Waals surface area contributed by atoms with Gasteiger partial charge in [-0.15, -0.1) is 0 Å². The fraction of sp³-hybridized carbons (Fsp3) is 0.316. The van der Waals surface area contributed by atoms with Gasteiger partial charge in [0.15, 0.2) is 18.5 Å². The summed E-state index contributed by atoms with van der Waals surface area (Å²) in [7, 11) is -1.29. The molecule has 0 radical (unpaired) electrons. The Morgan fingerprint density at radius 1 is 1.19 bits per heavy atom. The van der Waals surface area contributed by atoms with Crippen LogP contribution < -0.4 is 11.2 Å². The van der Waals surface area contributed by atoms with Crippen LogP contribution in [0.15, 0.2) is 64.1 Å². The average molecular weight is 454 g/mol. The van der Waals surface area contributed by atoms with Gasteiger partial charge in [-0.05, 0) is 18.2 Å². The van der Waals surface area contributed by atoms with Crippen LogP contribution in [0.4, 0.5) is 4.39 Å². The summed E-state index contributed by atoms with van der Waals surface area (Å²) >= 11 is 0. The number of hydrogen-bond acceptors (Lipinski definition) is 8.